The van der Waals surface area contributed by atoms with Crippen molar-refractivity contribution in [2.45, 2.75) is 51.6 Å². The van der Waals surface area contributed by atoms with Crippen molar-refractivity contribution in [3.63, 3.8) is 0 Å². The van der Waals surface area contributed by atoms with Crippen LogP contribution >= 0.6 is 0 Å². The lowest BCUT2D eigenvalue weighted by Crippen LogP contribution is -2.41. The van der Waals surface area contributed by atoms with Gasteiger partial charge in [-0.25, -0.2) is 0 Å². The summed E-state index contributed by atoms with van der Waals surface area (Å²) in [5.41, 5.74) is 4.56. The van der Waals surface area contributed by atoms with Gasteiger partial charge in [-0.05, 0) is 60.8 Å². The zero-order valence-corrected chi connectivity index (χ0v) is 13.8. The van der Waals surface area contributed by atoms with Gasteiger partial charge in [-0.2, -0.15) is 0 Å². The molecule has 1 saturated carbocycles. The number of hydrogen-bond acceptors (Lipinski definition) is 2. The van der Waals surface area contributed by atoms with Crippen molar-refractivity contribution in [1.82, 2.24) is 0 Å². The average molecular weight is 298 g/mol. The molecule has 2 nitrogen and oxygen atoms in total. The zero-order valence-electron chi connectivity index (χ0n) is 13.8. The Bertz CT molecular complexity index is 633. The van der Waals surface area contributed by atoms with E-state index >= 15 is 0 Å². The summed E-state index contributed by atoms with van der Waals surface area (Å²) in [6.45, 7) is 4.45. The molecule has 0 aromatic heterocycles. The topological polar surface area (TPSA) is 29.5 Å². The van der Waals surface area contributed by atoms with Crippen molar-refractivity contribution in [2.75, 3.05) is 7.11 Å². The third-order valence-electron chi connectivity index (χ3n) is 6.59. The third-order valence-corrected chi connectivity index (χ3v) is 6.59. The Morgan fingerprint density at radius 1 is 1.23 bits per heavy atom. The highest BCUT2D eigenvalue weighted by atomic mass is 16.5. The maximum atomic E-state index is 10.6. The Hall–Kier alpha value is -1.28. The molecule has 5 atom stereocenters. The summed E-state index contributed by atoms with van der Waals surface area (Å²) in [7, 11) is 1.74. The first-order valence-corrected chi connectivity index (χ1v) is 8.61. The van der Waals surface area contributed by atoms with E-state index in [1.54, 1.807) is 12.7 Å². The van der Waals surface area contributed by atoms with Gasteiger partial charge in [0.15, 0.2) is 0 Å². The van der Waals surface area contributed by atoms with E-state index in [0.717, 1.165) is 18.6 Å². The maximum absolute atomic E-state index is 10.6. The lowest BCUT2D eigenvalue weighted by molar-refractivity contribution is 0.0239. The molecule has 2 heteroatoms. The lowest BCUT2D eigenvalue weighted by Gasteiger charge is -2.47. The number of ether oxygens (including phenoxy) is 1. The van der Waals surface area contributed by atoms with Gasteiger partial charge >= 0.3 is 0 Å². The van der Waals surface area contributed by atoms with Gasteiger partial charge in [0, 0.05) is 11.3 Å². The molecule has 0 aliphatic heterocycles. The van der Waals surface area contributed by atoms with Gasteiger partial charge in [-0.15, -0.1) is 0 Å². The number of aliphatic hydroxyl groups is 1. The summed E-state index contributed by atoms with van der Waals surface area (Å²) >= 11 is 0. The highest BCUT2D eigenvalue weighted by molar-refractivity contribution is 5.44. The number of fused-ring (bicyclic) bond motifs is 5. The molecule has 4 rings (SSSR count). The standard InChI is InChI=1S/C20H26O2/c1-12-10-18-17-6-4-13-11-14(22-3)5-7-15(13)16(17)8-9-20(18,2)19(12)21/h5,7,10-12,16-17,19,21H,4,6,8-9H2,1-3H3/t12-,16+,17+,19-,20-/m0/s1. The summed E-state index contributed by atoms with van der Waals surface area (Å²) in [6.07, 6.45) is 6.84. The Kier molecular flexibility index (Phi) is 3.16. The van der Waals surface area contributed by atoms with Gasteiger partial charge in [0.05, 0.1) is 13.2 Å². The number of aryl methyl sites for hydroxylation is 1. The molecule has 1 aromatic rings. The summed E-state index contributed by atoms with van der Waals surface area (Å²) in [5.74, 6) is 2.53. The molecule has 3 aliphatic carbocycles. The molecule has 0 saturated heterocycles. The largest absolute Gasteiger partial charge is 0.497 e. The van der Waals surface area contributed by atoms with E-state index in [0.29, 0.717) is 17.8 Å². The molecule has 1 aromatic carbocycles. The predicted molar refractivity (Wildman–Crippen MR) is 88.1 cm³/mol. The normalized spacial score (nSPS) is 39.5. The highest BCUT2D eigenvalue weighted by Crippen LogP contribution is 2.59. The van der Waals surface area contributed by atoms with Crippen LogP contribution < -0.4 is 4.74 Å². The van der Waals surface area contributed by atoms with Gasteiger partial charge in [0.25, 0.3) is 0 Å². The minimum absolute atomic E-state index is 0.0184. The molecule has 0 radical (unpaired) electrons. The summed E-state index contributed by atoms with van der Waals surface area (Å²) in [5, 5.41) is 10.6. The second-order valence-corrected chi connectivity index (χ2v) is 7.70. The van der Waals surface area contributed by atoms with Gasteiger partial charge in [0.2, 0.25) is 0 Å². The molecule has 0 spiro atoms. The first-order chi connectivity index (χ1) is 10.5. The Morgan fingerprint density at radius 2 is 2.05 bits per heavy atom. The summed E-state index contributed by atoms with van der Waals surface area (Å²) in [4.78, 5) is 0. The van der Waals surface area contributed by atoms with E-state index in [2.05, 4.69) is 38.1 Å². The van der Waals surface area contributed by atoms with Crippen molar-refractivity contribution in [2.24, 2.45) is 17.3 Å². The number of methoxy groups -OCH3 is 1. The van der Waals surface area contributed by atoms with Crippen LogP contribution in [0.5, 0.6) is 5.75 Å². The highest BCUT2D eigenvalue weighted by Gasteiger charge is 2.52. The molecular weight excluding hydrogens is 272 g/mol. The third kappa shape index (κ3) is 1.83. The van der Waals surface area contributed by atoms with Crippen molar-refractivity contribution in [3.05, 3.63) is 41.0 Å². The molecule has 118 valence electrons. The molecule has 0 bridgehead atoms. The Balaban J connectivity index is 1.73. The number of hydrogen-bond donors (Lipinski definition) is 1. The van der Waals surface area contributed by atoms with Gasteiger partial charge in [-0.3, -0.25) is 0 Å². The summed E-state index contributed by atoms with van der Waals surface area (Å²) < 4.78 is 5.39. The molecule has 1 N–H and O–H groups in total. The predicted octanol–water partition coefficient (Wildman–Crippen LogP) is 4.08. The maximum Gasteiger partial charge on any atom is 0.119 e. The fourth-order valence-corrected chi connectivity index (χ4v) is 5.36. The average Bonchev–Trinajstić information content (AvgIpc) is 2.77. The van der Waals surface area contributed by atoms with Crippen molar-refractivity contribution < 1.29 is 9.84 Å². The molecule has 0 unspecified atom stereocenters. The monoisotopic (exact) mass is 298 g/mol. The first kappa shape index (κ1) is 14.3. The van der Waals surface area contributed by atoms with Crippen LogP contribution in [0.2, 0.25) is 0 Å². The fourth-order valence-electron chi connectivity index (χ4n) is 5.36. The molecular formula is C20H26O2. The fraction of sp³-hybridized carbons (Fsp3) is 0.600. The van der Waals surface area contributed by atoms with Crippen LogP contribution in [0.1, 0.15) is 50.2 Å². The first-order valence-electron chi connectivity index (χ1n) is 8.61. The molecule has 0 amide bonds. The van der Waals surface area contributed by atoms with E-state index < -0.39 is 0 Å². The van der Waals surface area contributed by atoms with Gasteiger partial charge in [0.1, 0.15) is 5.75 Å². The summed E-state index contributed by atoms with van der Waals surface area (Å²) in [6, 6.07) is 6.61. The molecule has 1 fully saturated rings. The minimum atomic E-state index is -0.194. The van der Waals surface area contributed by atoms with Crippen LogP contribution in [0, 0.1) is 17.3 Å². The Labute approximate surface area is 133 Å². The SMILES string of the molecule is COc1ccc2c(c1)CC[C@H]1C3=C[C@H](C)[C@H](O)[C@@]3(C)CC[C@H]21. The van der Waals surface area contributed by atoms with Crippen LogP contribution in [0.25, 0.3) is 0 Å². The quantitative estimate of drug-likeness (QED) is 0.792. The van der Waals surface area contributed by atoms with E-state index in [1.807, 2.05) is 0 Å². The number of rotatable bonds is 1. The second kappa shape index (κ2) is 4.86. The lowest BCUT2D eigenvalue weighted by atomic mass is 9.58. The van der Waals surface area contributed by atoms with E-state index in [9.17, 15) is 5.11 Å². The number of benzene rings is 1. The van der Waals surface area contributed by atoms with Crippen molar-refractivity contribution in [1.29, 1.82) is 0 Å². The van der Waals surface area contributed by atoms with E-state index in [1.165, 1.54) is 24.0 Å². The second-order valence-electron chi connectivity index (χ2n) is 7.70. The molecule has 3 aliphatic rings. The van der Waals surface area contributed by atoms with Crippen LogP contribution in [0.15, 0.2) is 29.8 Å². The van der Waals surface area contributed by atoms with Crippen LogP contribution in [0.4, 0.5) is 0 Å². The smallest absolute Gasteiger partial charge is 0.119 e. The Morgan fingerprint density at radius 3 is 2.82 bits per heavy atom. The van der Waals surface area contributed by atoms with Crippen LogP contribution in [-0.4, -0.2) is 18.3 Å². The van der Waals surface area contributed by atoms with Gasteiger partial charge in [-0.1, -0.05) is 31.6 Å². The number of aliphatic hydroxyl groups excluding tert-OH is 1. The van der Waals surface area contributed by atoms with Crippen molar-refractivity contribution >= 4 is 0 Å². The molecule has 22 heavy (non-hydrogen) atoms. The van der Waals surface area contributed by atoms with Gasteiger partial charge < -0.3 is 9.84 Å². The molecule has 0 heterocycles. The van der Waals surface area contributed by atoms with Crippen LogP contribution in [0.3, 0.4) is 0 Å². The van der Waals surface area contributed by atoms with E-state index in [4.69, 9.17) is 4.74 Å². The van der Waals surface area contributed by atoms with Crippen LogP contribution in [-0.2, 0) is 6.42 Å². The zero-order chi connectivity index (χ0) is 15.5. The van der Waals surface area contributed by atoms with E-state index in [-0.39, 0.29) is 11.5 Å². The van der Waals surface area contributed by atoms with Crippen molar-refractivity contribution in [3.8, 4) is 5.75 Å². The minimum Gasteiger partial charge on any atom is -0.497 e.